The van der Waals surface area contributed by atoms with Crippen molar-refractivity contribution in [3.05, 3.63) is 12.7 Å². The van der Waals surface area contributed by atoms with Gasteiger partial charge in [-0.3, -0.25) is 0 Å². The van der Waals surface area contributed by atoms with Gasteiger partial charge in [0.25, 0.3) is 0 Å². The Hall–Kier alpha value is -0.400. The molecule has 0 heterocycles. The van der Waals surface area contributed by atoms with Crippen molar-refractivity contribution >= 4 is 7.68 Å². The van der Waals surface area contributed by atoms with Crippen LogP contribution in [0.5, 0.6) is 0 Å². The molecule has 0 rings (SSSR count). The highest BCUT2D eigenvalue weighted by Crippen LogP contribution is 2.43. The minimum Gasteiger partial charge on any atom is -0.314 e. The van der Waals surface area contributed by atoms with E-state index in [-0.39, 0.29) is 0 Å². The normalized spacial score (nSPS) is 13.9. The number of hydrogen-bond acceptors (Lipinski definition) is 2. The molecule has 0 radical (unpaired) electrons. The SMILES string of the molecule is C=CCCCCCCCCCCCCCCCCCC(CC)(P(=O)=O)[N+](C)(C)C. The van der Waals surface area contributed by atoms with E-state index in [4.69, 9.17) is 0 Å². The topological polar surface area (TPSA) is 34.1 Å². The molecule has 0 aromatic rings. The molecule has 0 aromatic heterocycles. The molecule has 172 valence electrons. The largest absolute Gasteiger partial charge is 0.378 e. The molecule has 4 heteroatoms. The molecular weight excluding hydrogens is 377 g/mol. The van der Waals surface area contributed by atoms with E-state index < -0.39 is 13.0 Å². The van der Waals surface area contributed by atoms with Crippen molar-refractivity contribution in [3.63, 3.8) is 0 Å². The predicted octanol–water partition coefficient (Wildman–Crippen LogP) is 8.79. The summed E-state index contributed by atoms with van der Waals surface area (Å²) in [4.78, 5) is 0. The second-order valence-electron chi connectivity index (χ2n) is 9.74. The van der Waals surface area contributed by atoms with E-state index >= 15 is 0 Å². The van der Waals surface area contributed by atoms with E-state index in [1.807, 2.05) is 34.1 Å². The van der Waals surface area contributed by atoms with Gasteiger partial charge in [0.05, 0.1) is 21.1 Å². The van der Waals surface area contributed by atoms with Crippen molar-refractivity contribution in [2.45, 2.75) is 128 Å². The molecule has 1 unspecified atom stereocenters. The van der Waals surface area contributed by atoms with Gasteiger partial charge in [-0.2, -0.15) is 0 Å². The number of rotatable bonds is 21. The van der Waals surface area contributed by atoms with Crippen LogP contribution in [0.1, 0.15) is 122 Å². The molecule has 0 bridgehead atoms. The molecule has 0 amide bonds. The van der Waals surface area contributed by atoms with E-state index in [1.54, 1.807) is 0 Å². The first-order chi connectivity index (χ1) is 13.8. The number of allylic oxidation sites excluding steroid dienone is 1. The zero-order valence-electron chi connectivity index (χ0n) is 20.2. The third-order valence-corrected chi connectivity index (χ3v) is 8.46. The molecule has 1 atom stereocenters. The van der Waals surface area contributed by atoms with Gasteiger partial charge in [-0.15, -0.1) is 6.58 Å². The van der Waals surface area contributed by atoms with E-state index in [1.165, 1.54) is 89.9 Å². The molecule has 0 spiro atoms. The minimum absolute atomic E-state index is 0.511. The first-order valence-corrected chi connectivity index (χ1v) is 13.6. The summed E-state index contributed by atoms with van der Waals surface area (Å²) in [5, 5.41) is -0.596. The van der Waals surface area contributed by atoms with Crippen molar-refractivity contribution < 1.29 is 13.6 Å². The number of nitrogens with zero attached hydrogens (tertiary/aromatic N) is 1. The summed E-state index contributed by atoms with van der Waals surface area (Å²) >= 11 is 0. The maximum atomic E-state index is 11.9. The van der Waals surface area contributed by atoms with Crippen LogP contribution in [0.4, 0.5) is 0 Å². The first-order valence-electron chi connectivity index (χ1n) is 12.4. The van der Waals surface area contributed by atoms with Crippen molar-refractivity contribution in [1.82, 2.24) is 0 Å². The maximum absolute atomic E-state index is 11.9. The number of hydrogen-bond donors (Lipinski definition) is 0. The third kappa shape index (κ3) is 12.8. The molecule has 3 nitrogen and oxygen atoms in total. The van der Waals surface area contributed by atoms with Crippen LogP contribution in [0, 0.1) is 0 Å². The summed E-state index contributed by atoms with van der Waals surface area (Å²) in [7, 11) is 3.63. The molecule has 0 saturated carbocycles. The molecule has 0 N–H and O–H groups in total. The Labute approximate surface area is 183 Å². The van der Waals surface area contributed by atoms with E-state index in [2.05, 4.69) is 6.58 Å². The Balaban J connectivity index is 3.55. The fraction of sp³-hybridized carbons (Fsp3) is 0.920. The number of quaternary nitrogens is 1. The lowest BCUT2D eigenvalue weighted by Gasteiger charge is -2.40. The Morgan fingerprint density at radius 1 is 0.690 bits per heavy atom. The predicted molar refractivity (Wildman–Crippen MR) is 128 cm³/mol. The quantitative estimate of drug-likeness (QED) is 0.0792. The summed E-state index contributed by atoms with van der Waals surface area (Å²) in [6, 6.07) is 0. The lowest BCUT2D eigenvalue weighted by Crippen LogP contribution is -2.53. The average molecular weight is 429 g/mol. The van der Waals surface area contributed by atoms with Crippen molar-refractivity contribution in [2.75, 3.05) is 21.1 Å². The second-order valence-corrected chi connectivity index (χ2v) is 11.1. The molecule has 0 saturated heterocycles. The van der Waals surface area contributed by atoms with Crippen molar-refractivity contribution in [3.8, 4) is 0 Å². The zero-order valence-corrected chi connectivity index (χ0v) is 21.1. The molecule has 0 aliphatic carbocycles. The van der Waals surface area contributed by atoms with Crippen LogP contribution < -0.4 is 0 Å². The van der Waals surface area contributed by atoms with Gasteiger partial charge in [-0.25, -0.2) is 9.13 Å². The summed E-state index contributed by atoms with van der Waals surface area (Å²) in [5.41, 5.74) is 0. The Morgan fingerprint density at radius 2 is 1.03 bits per heavy atom. The van der Waals surface area contributed by atoms with E-state index in [9.17, 15) is 9.13 Å². The van der Waals surface area contributed by atoms with Gasteiger partial charge in [0, 0.05) is 12.8 Å². The van der Waals surface area contributed by atoms with Gasteiger partial charge in [-0.1, -0.05) is 96.5 Å². The van der Waals surface area contributed by atoms with Crippen LogP contribution in [-0.2, 0) is 9.13 Å². The van der Waals surface area contributed by atoms with Crippen LogP contribution in [0.3, 0.4) is 0 Å². The van der Waals surface area contributed by atoms with Crippen molar-refractivity contribution in [1.29, 1.82) is 0 Å². The maximum Gasteiger partial charge on any atom is 0.378 e. The summed E-state index contributed by atoms with van der Waals surface area (Å²) in [5.74, 6) is 0. The zero-order chi connectivity index (χ0) is 22.0. The van der Waals surface area contributed by atoms with Crippen LogP contribution in [0.25, 0.3) is 0 Å². The fourth-order valence-corrected chi connectivity index (χ4v) is 5.54. The Kier molecular flexibility index (Phi) is 17.1. The van der Waals surface area contributed by atoms with Gasteiger partial charge < -0.3 is 4.48 Å². The lowest BCUT2D eigenvalue weighted by molar-refractivity contribution is -0.908. The Morgan fingerprint density at radius 3 is 1.31 bits per heavy atom. The van der Waals surface area contributed by atoms with Gasteiger partial charge in [0.15, 0.2) is 0 Å². The molecule has 0 aliphatic rings. The third-order valence-electron chi connectivity index (χ3n) is 6.64. The average Bonchev–Trinajstić information content (AvgIpc) is 2.66. The standard InChI is InChI=1S/C25H51NO2P/c1-6-8-9-10-11-12-13-14-15-16-17-18-19-20-21-22-23-24-25(7-2,29(27)28)26(3,4)5/h6H,1,7-24H2,2-5H3/q+1. The highest BCUT2D eigenvalue weighted by atomic mass is 31.1. The van der Waals surface area contributed by atoms with E-state index in [0.717, 1.165) is 19.3 Å². The van der Waals surface area contributed by atoms with Crippen LogP contribution in [0.2, 0.25) is 0 Å². The second kappa shape index (κ2) is 17.3. The van der Waals surface area contributed by atoms with E-state index in [0.29, 0.717) is 10.9 Å². The smallest absolute Gasteiger partial charge is 0.314 e. The highest BCUT2D eigenvalue weighted by molar-refractivity contribution is 7.32. The van der Waals surface area contributed by atoms with Gasteiger partial charge in [-0.05, 0) is 19.3 Å². The lowest BCUT2D eigenvalue weighted by atomic mass is 10.0. The minimum atomic E-state index is -2.41. The van der Waals surface area contributed by atoms with Gasteiger partial charge >= 0.3 is 7.68 Å². The monoisotopic (exact) mass is 428 g/mol. The molecular formula is C25H51NO2P+. The summed E-state index contributed by atoms with van der Waals surface area (Å²) < 4.78 is 24.4. The molecule has 29 heavy (non-hydrogen) atoms. The van der Waals surface area contributed by atoms with Gasteiger partial charge in [0.2, 0.25) is 5.28 Å². The van der Waals surface area contributed by atoms with Crippen LogP contribution >= 0.6 is 7.68 Å². The molecule has 0 aromatic carbocycles. The van der Waals surface area contributed by atoms with Crippen molar-refractivity contribution in [2.24, 2.45) is 0 Å². The molecule has 0 fully saturated rings. The Bertz CT molecular complexity index is 460. The fourth-order valence-electron chi connectivity index (χ4n) is 4.45. The summed E-state index contributed by atoms with van der Waals surface area (Å²) in [6.45, 7) is 5.79. The summed E-state index contributed by atoms with van der Waals surface area (Å²) in [6.07, 6.45) is 24.7. The highest BCUT2D eigenvalue weighted by Gasteiger charge is 2.46. The number of unbranched alkanes of at least 4 members (excludes halogenated alkanes) is 15. The first kappa shape index (κ1) is 28.6. The van der Waals surface area contributed by atoms with Gasteiger partial charge in [0.1, 0.15) is 0 Å². The molecule has 0 aliphatic heterocycles. The van der Waals surface area contributed by atoms with Crippen LogP contribution in [-0.4, -0.2) is 30.9 Å². The van der Waals surface area contributed by atoms with Crippen LogP contribution in [0.15, 0.2) is 12.7 Å².